The SMILES string of the molecule is CCOC(=O)c1c(-c2ccco2)csc1NC(=O)COC(=O)c1cccc(F)c1. The molecule has 0 fully saturated rings. The highest BCUT2D eigenvalue weighted by atomic mass is 32.1. The van der Waals surface area contributed by atoms with Crippen LogP contribution in [0.25, 0.3) is 11.3 Å². The average Bonchev–Trinajstić information content (AvgIpc) is 3.36. The van der Waals surface area contributed by atoms with Gasteiger partial charge in [-0.25, -0.2) is 14.0 Å². The van der Waals surface area contributed by atoms with Gasteiger partial charge in [0.05, 0.1) is 18.4 Å². The van der Waals surface area contributed by atoms with E-state index in [1.54, 1.807) is 24.4 Å². The lowest BCUT2D eigenvalue weighted by atomic mass is 10.1. The van der Waals surface area contributed by atoms with Gasteiger partial charge in [-0.1, -0.05) is 6.07 Å². The van der Waals surface area contributed by atoms with E-state index in [4.69, 9.17) is 13.9 Å². The number of esters is 2. The van der Waals surface area contributed by atoms with Crippen molar-refractivity contribution >= 4 is 34.2 Å². The van der Waals surface area contributed by atoms with Gasteiger partial charge < -0.3 is 19.2 Å². The fourth-order valence-electron chi connectivity index (χ4n) is 2.46. The number of furan rings is 1. The van der Waals surface area contributed by atoms with E-state index in [0.29, 0.717) is 11.3 Å². The molecule has 1 amide bonds. The van der Waals surface area contributed by atoms with Gasteiger partial charge in [0.2, 0.25) is 0 Å². The van der Waals surface area contributed by atoms with Crippen LogP contribution in [0.15, 0.2) is 52.5 Å². The van der Waals surface area contributed by atoms with E-state index in [9.17, 15) is 18.8 Å². The third-order valence-electron chi connectivity index (χ3n) is 3.70. The van der Waals surface area contributed by atoms with Crippen molar-refractivity contribution in [2.75, 3.05) is 18.5 Å². The molecule has 150 valence electrons. The largest absolute Gasteiger partial charge is 0.464 e. The Morgan fingerprint density at radius 1 is 1.14 bits per heavy atom. The predicted molar refractivity (Wildman–Crippen MR) is 103 cm³/mol. The van der Waals surface area contributed by atoms with E-state index >= 15 is 0 Å². The molecule has 29 heavy (non-hydrogen) atoms. The molecule has 1 aromatic carbocycles. The van der Waals surface area contributed by atoms with Gasteiger partial charge in [0, 0.05) is 10.9 Å². The third kappa shape index (κ3) is 4.88. The molecule has 0 unspecified atom stereocenters. The van der Waals surface area contributed by atoms with Crippen molar-refractivity contribution in [3.05, 3.63) is 65.0 Å². The van der Waals surface area contributed by atoms with Crippen LogP contribution in [0.5, 0.6) is 0 Å². The number of thiophene rings is 1. The second kappa shape index (κ2) is 9.16. The Balaban J connectivity index is 1.71. The van der Waals surface area contributed by atoms with Crippen LogP contribution in [0.2, 0.25) is 0 Å². The smallest absolute Gasteiger partial charge is 0.341 e. The van der Waals surface area contributed by atoms with Crippen LogP contribution < -0.4 is 5.32 Å². The highest BCUT2D eigenvalue weighted by molar-refractivity contribution is 7.15. The predicted octanol–water partition coefficient (Wildman–Crippen LogP) is 4.12. The Kier molecular flexibility index (Phi) is 6.40. The lowest BCUT2D eigenvalue weighted by molar-refractivity contribution is -0.119. The highest BCUT2D eigenvalue weighted by Gasteiger charge is 2.24. The van der Waals surface area contributed by atoms with Crippen LogP contribution in [-0.2, 0) is 14.3 Å². The quantitative estimate of drug-likeness (QED) is 0.581. The van der Waals surface area contributed by atoms with Gasteiger partial charge in [-0.05, 0) is 37.3 Å². The number of amides is 1. The summed E-state index contributed by atoms with van der Waals surface area (Å²) < 4.78 is 28.5. The molecule has 3 aromatic rings. The number of nitrogens with one attached hydrogen (secondary N) is 1. The molecule has 0 aliphatic rings. The number of carbonyl (C=O) groups excluding carboxylic acids is 3. The molecule has 9 heteroatoms. The zero-order chi connectivity index (χ0) is 20.8. The topological polar surface area (TPSA) is 94.8 Å². The van der Waals surface area contributed by atoms with Crippen LogP contribution in [0, 0.1) is 5.82 Å². The molecule has 1 N–H and O–H groups in total. The second-order valence-electron chi connectivity index (χ2n) is 5.69. The molecule has 2 heterocycles. The van der Waals surface area contributed by atoms with Crippen molar-refractivity contribution in [2.24, 2.45) is 0 Å². The van der Waals surface area contributed by atoms with Gasteiger partial charge in [-0.3, -0.25) is 4.79 Å². The number of carbonyl (C=O) groups is 3. The van der Waals surface area contributed by atoms with E-state index in [-0.39, 0.29) is 22.7 Å². The molecule has 7 nitrogen and oxygen atoms in total. The number of ether oxygens (including phenoxy) is 2. The Bertz CT molecular complexity index is 1030. The Morgan fingerprint density at radius 3 is 2.66 bits per heavy atom. The molecular weight excluding hydrogens is 401 g/mol. The molecule has 0 saturated heterocycles. The van der Waals surface area contributed by atoms with Crippen molar-refractivity contribution in [1.29, 1.82) is 0 Å². The molecule has 3 rings (SSSR count). The fourth-order valence-corrected chi connectivity index (χ4v) is 3.42. The number of hydrogen-bond acceptors (Lipinski definition) is 7. The average molecular weight is 417 g/mol. The maximum atomic E-state index is 13.2. The summed E-state index contributed by atoms with van der Waals surface area (Å²) in [6, 6.07) is 8.28. The molecule has 0 atom stereocenters. The first kappa shape index (κ1) is 20.3. The number of halogens is 1. The van der Waals surface area contributed by atoms with Gasteiger partial charge in [-0.2, -0.15) is 0 Å². The summed E-state index contributed by atoms with van der Waals surface area (Å²) in [5, 5.41) is 4.43. The Hall–Kier alpha value is -3.46. The van der Waals surface area contributed by atoms with Crippen molar-refractivity contribution in [3.63, 3.8) is 0 Å². The lowest BCUT2D eigenvalue weighted by Gasteiger charge is -2.08. The monoisotopic (exact) mass is 417 g/mol. The molecule has 0 saturated carbocycles. The first-order valence-corrected chi connectivity index (χ1v) is 9.42. The number of benzene rings is 1. The van der Waals surface area contributed by atoms with Crippen molar-refractivity contribution in [3.8, 4) is 11.3 Å². The van der Waals surface area contributed by atoms with Gasteiger partial charge in [-0.15, -0.1) is 11.3 Å². The molecule has 0 aliphatic carbocycles. The molecule has 0 radical (unpaired) electrons. The van der Waals surface area contributed by atoms with Crippen LogP contribution in [0.1, 0.15) is 27.6 Å². The summed E-state index contributed by atoms with van der Waals surface area (Å²) in [6.45, 7) is 1.22. The van der Waals surface area contributed by atoms with Gasteiger partial charge in [0.25, 0.3) is 5.91 Å². The lowest BCUT2D eigenvalue weighted by Crippen LogP contribution is -2.21. The first-order chi connectivity index (χ1) is 14.0. The minimum atomic E-state index is -0.840. The van der Waals surface area contributed by atoms with Crippen molar-refractivity contribution in [2.45, 2.75) is 6.92 Å². The van der Waals surface area contributed by atoms with E-state index in [1.165, 1.54) is 24.5 Å². The Morgan fingerprint density at radius 2 is 1.97 bits per heavy atom. The number of anilines is 1. The van der Waals surface area contributed by atoms with E-state index in [0.717, 1.165) is 17.4 Å². The summed E-state index contributed by atoms with van der Waals surface area (Å²) in [6.07, 6.45) is 1.46. The second-order valence-corrected chi connectivity index (χ2v) is 6.57. The highest BCUT2D eigenvalue weighted by Crippen LogP contribution is 2.36. The zero-order valence-electron chi connectivity index (χ0n) is 15.3. The summed E-state index contributed by atoms with van der Waals surface area (Å²) in [7, 11) is 0. The van der Waals surface area contributed by atoms with Gasteiger partial charge in [0.1, 0.15) is 22.1 Å². The molecule has 0 bridgehead atoms. The fraction of sp³-hybridized carbons (Fsp3) is 0.150. The van der Waals surface area contributed by atoms with Gasteiger partial charge >= 0.3 is 11.9 Å². The van der Waals surface area contributed by atoms with Crippen molar-refractivity contribution < 1.29 is 32.7 Å². The van der Waals surface area contributed by atoms with E-state index < -0.39 is 30.3 Å². The standard InChI is InChI=1S/C20H16FNO6S/c1-2-26-20(25)17-14(15-7-4-8-27-15)11-29-18(17)22-16(23)10-28-19(24)12-5-3-6-13(21)9-12/h3-9,11H,2,10H2,1H3,(H,22,23). The van der Waals surface area contributed by atoms with Crippen LogP contribution in [0.3, 0.4) is 0 Å². The summed E-state index contributed by atoms with van der Waals surface area (Å²) in [5.74, 6) is -2.26. The molecule has 0 spiro atoms. The van der Waals surface area contributed by atoms with Gasteiger partial charge in [0.15, 0.2) is 6.61 Å². The summed E-state index contributed by atoms with van der Waals surface area (Å²) in [4.78, 5) is 36.5. The van der Waals surface area contributed by atoms with E-state index in [2.05, 4.69) is 5.32 Å². The molecule has 2 aromatic heterocycles. The summed E-state index contributed by atoms with van der Waals surface area (Å²) in [5.41, 5.74) is 0.614. The molecular formula is C20H16FNO6S. The number of hydrogen-bond donors (Lipinski definition) is 1. The minimum Gasteiger partial charge on any atom is -0.464 e. The third-order valence-corrected chi connectivity index (χ3v) is 4.60. The molecule has 0 aliphatic heterocycles. The number of rotatable bonds is 7. The Labute approximate surface area is 169 Å². The van der Waals surface area contributed by atoms with E-state index in [1.807, 2.05) is 0 Å². The van der Waals surface area contributed by atoms with Crippen LogP contribution in [-0.4, -0.2) is 31.1 Å². The summed E-state index contributed by atoms with van der Waals surface area (Å²) >= 11 is 1.11. The maximum absolute atomic E-state index is 13.2. The zero-order valence-corrected chi connectivity index (χ0v) is 16.1. The minimum absolute atomic E-state index is 0.0127. The van der Waals surface area contributed by atoms with Crippen LogP contribution in [0.4, 0.5) is 9.39 Å². The normalized spacial score (nSPS) is 10.4. The first-order valence-electron chi connectivity index (χ1n) is 8.54. The maximum Gasteiger partial charge on any atom is 0.341 e. The van der Waals surface area contributed by atoms with Crippen LogP contribution >= 0.6 is 11.3 Å². The van der Waals surface area contributed by atoms with Crippen molar-refractivity contribution in [1.82, 2.24) is 0 Å².